The number of aliphatic hydroxyl groups excluding tert-OH is 2. The van der Waals surface area contributed by atoms with Crippen molar-refractivity contribution in [2.45, 2.75) is 25.8 Å². The molecular formula is C15H21NO3. The molecule has 2 N–H and O–H groups in total. The van der Waals surface area contributed by atoms with Crippen LogP contribution in [0, 0.1) is 5.41 Å². The van der Waals surface area contributed by atoms with Crippen LogP contribution in [0.4, 0.5) is 0 Å². The minimum atomic E-state index is -0.477. The number of nitrogens with zero attached hydrogens (tertiary/aromatic N) is 1. The van der Waals surface area contributed by atoms with E-state index in [1.807, 2.05) is 37.3 Å². The largest absolute Gasteiger partial charge is 0.396 e. The third-order valence-electron chi connectivity index (χ3n) is 4.08. The van der Waals surface area contributed by atoms with Crippen LogP contribution in [0.2, 0.25) is 0 Å². The lowest BCUT2D eigenvalue weighted by atomic mass is 9.85. The number of amides is 1. The van der Waals surface area contributed by atoms with E-state index < -0.39 is 5.41 Å². The van der Waals surface area contributed by atoms with Crippen LogP contribution in [-0.2, 0) is 4.79 Å². The van der Waals surface area contributed by atoms with Gasteiger partial charge in [0, 0.05) is 25.0 Å². The molecule has 1 fully saturated rings. The molecule has 0 aromatic heterocycles. The second-order valence-corrected chi connectivity index (χ2v) is 5.42. The molecule has 4 nitrogen and oxygen atoms in total. The molecule has 104 valence electrons. The van der Waals surface area contributed by atoms with Gasteiger partial charge in [0.05, 0.1) is 12.6 Å². The van der Waals surface area contributed by atoms with Crippen LogP contribution in [0.5, 0.6) is 0 Å². The third kappa shape index (κ3) is 2.80. The average molecular weight is 263 g/mol. The van der Waals surface area contributed by atoms with Gasteiger partial charge < -0.3 is 15.1 Å². The first kappa shape index (κ1) is 14.0. The number of aliphatic hydroxyl groups is 2. The summed E-state index contributed by atoms with van der Waals surface area (Å²) in [6, 6.07) is 9.87. The Balaban J connectivity index is 2.16. The van der Waals surface area contributed by atoms with Gasteiger partial charge in [-0.1, -0.05) is 30.3 Å². The monoisotopic (exact) mass is 263 g/mol. The van der Waals surface area contributed by atoms with Gasteiger partial charge in [0.1, 0.15) is 0 Å². The Labute approximate surface area is 113 Å². The molecule has 1 aliphatic heterocycles. The summed E-state index contributed by atoms with van der Waals surface area (Å²) in [5.74, 6) is 0.0545. The number of rotatable bonds is 5. The molecule has 1 aromatic rings. The molecular weight excluding hydrogens is 242 g/mol. The zero-order valence-electron chi connectivity index (χ0n) is 11.2. The molecule has 0 unspecified atom stereocenters. The molecule has 1 amide bonds. The maximum Gasteiger partial charge on any atom is 0.223 e. The van der Waals surface area contributed by atoms with Gasteiger partial charge in [-0.2, -0.15) is 0 Å². The van der Waals surface area contributed by atoms with Crippen LogP contribution in [0.3, 0.4) is 0 Å². The lowest BCUT2D eigenvalue weighted by Gasteiger charge is -2.29. The summed E-state index contributed by atoms with van der Waals surface area (Å²) in [4.78, 5) is 14.0. The quantitative estimate of drug-likeness (QED) is 0.843. The maximum absolute atomic E-state index is 12.2. The number of benzene rings is 1. The number of carbonyl (C=O) groups excluding carboxylic acids is 1. The second-order valence-electron chi connectivity index (χ2n) is 5.42. The first-order chi connectivity index (χ1) is 9.12. The van der Waals surface area contributed by atoms with E-state index in [1.165, 1.54) is 0 Å². The van der Waals surface area contributed by atoms with E-state index in [-0.39, 0.29) is 25.2 Å². The van der Waals surface area contributed by atoms with E-state index in [0.717, 1.165) is 5.56 Å². The Morgan fingerprint density at radius 3 is 2.58 bits per heavy atom. The lowest BCUT2D eigenvalue weighted by Crippen LogP contribution is -2.33. The lowest BCUT2D eigenvalue weighted by molar-refractivity contribution is -0.129. The average Bonchev–Trinajstić information content (AvgIpc) is 2.77. The summed E-state index contributed by atoms with van der Waals surface area (Å²) in [5, 5.41) is 18.7. The molecule has 2 atom stereocenters. The summed E-state index contributed by atoms with van der Waals surface area (Å²) < 4.78 is 0. The van der Waals surface area contributed by atoms with Gasteiger partial charge in [0.15, 0.2) is 0 Å². The molecule has 0 radical (unpaired) electrons. The van der Waals surface area contributed by atoms with Crippen molar-refractivity contribution < 1.29 is 15.0 Å². The standard InChI is InChI=1S/C15H21NO3/c1-12(13-5-3-2-4-6-13)16-10-15(11-18,7-8-17)9-14(16)19/h2-6,12,17-18H,7-11H2,1H3/t12-,15-/m1/s1. The molecule has 4 heteroatoms. The third-order valence-corrected chi connectivity index (χ3v) is 4.08. The van der Waals surface area contributed by atoms with Crippen LogP contribution >= 0.6 is 0 Å². The van der Waals surface area contributed by atoms with Crippen LogP contribution < -0.4 is 0 Å². The fourth-order valence-electron chi connectivity index (χ4n) is 2.78. The highest BCUT2D eigenvalue weighted by atomic mass is 16.3. The van der Waals surface area contributed by atoms with Crippen molar-refractivity contribution in [3.05, 3.63) is 35.9 Å². The number of hydrogen-bond acceptors (Lipinski definition) is 3. The van der Waals surface area contributed by atoms with Crippen LogP contribution in [0.15, 0.2) is 30.3 Å². The summed E-state index contributed by atoms with van der Waals surface area (Å²) in [6.07, 6.45) is 0.786. The topological polar surface area (TPSA) is 60.8 Å². The molecule has 0 saturated carbocycles. The molecule has 0 aliphatic carbocycles. The minimum Gasteiger partial charge on any atom is -0.396 e. The van der Waals surface area contributed by atoms with Gasteiger partial charge in [-0.15, -0.1) is 0 Å². The molecule has 19 heavy (non-hydrogen) atoms. The van der Waals surface area contributed by atoms with Crippen LogP contribution in [0.25, 0.3) is 0 Å². The number of likely N-dealkylation sites (tertiary alicyclic amines) is 1. The van der Waals surface area contributed by atoms with E-state index in [1.54, 1.807) is 4.90 Å². The summed E-state index contributed by atoms with van der Waals surface area (Å²) in [5.41, 5.74) is 0.614. The second kappa shape index (κ2) is 5.72. The fraction of sp³-hybridized carbons (Fsp3) is 0.533. The highest BCUT2D eigenvalue weighted by Crippen LogP contribution is 2.38. The van der Waals surface area contributed by atoms with Crippen molar-refractivity contribution in [3.63, 3.8) is 0 Å². The molecule has 0 spiro atoms. The van der Waals surface area contributed by atoms with Crippen molar-refractivity contribution in [1.82, 2.24) is 4.90 Å². The summed E-state index contributed by atoms with van der Waals surface area (Å²) >= 11 is 0. The molecule has 1 heterocycles. The van der Waals surface area contributed by atoms with Gasteiger partial charge >= 0.3 is 0 Å². The predicted molar refractivity (Wildman–Crippen MR) is 72.4 cm³/mol. The van der Waals surface area contributed by atoms with E-state index in [2.05, 4.69) is 0 Å². The molecule has 1 saturated heterocycles. The zero-order valence-corrected chi connectivity index (χ0v) is 11.2. The summed E-state index contributed by atoms with van der Waals surface area (Å²) in [7, 11) is 0. The number of hydrogen-bond donors (Lipinski definition) is 2. The Kier molecular flexibility index (Phi) is 4.22. The Morgan fingerprint density at radius 2 is 2.00 bits per heavy atom. The van der Waals surface area contributed by atoms with Crippen molar-refractivity contribution >= 4 is 5.91 Å². The number of carbonyl (C=O) groups is 1. The highest BCUT2D eigenvalue weighted by Gasteiger charge is 2.43. The molecule has 1 aromatic carbocycles. The zero-order chi connectivity index (χ0) is 13.9. The first-order valence-corrected chi connectivity index (χ1v) is 6.68. The Hall–Kier alpha value is -1.39. The van der Waals surface area contributed by atoms with Crippen LogP contribution in [-0.4, -0.2) is 40.8 Å². The Bertz CT molecular complexity index is 434. The van der Waals surface area contributed by atoms with Crippen molar-refractivity contribution in [1.29, 1.82) is 0 Å². The van der Waals surface area contributed by atoms with Crippen molar-refractivity contribution in [2.75, 3.05) is 19.8 Å². The SMILES string of the molecule is C[C@H](c1ccccc1)N1C[C@@](CO)(CCO)CC1=O. The first-order valence-electron chi connectivity index (χ1n) is 6.68. The van der Waals surface area contributed by atoms with E-state index in [0.29, 0.717) is 19.4 Å². The van der Waals surface area contributed by atoms with Crippen molar-refractivity contribution in [2.24, 2.45) is 5.41 Å². The molecule has 2 rings (SSSR count). The van der Waals surface area contributed by atoms with E-state index in [9.17, 15) is 9.90 Å². The van der Waals surface area contributed by atoms with Gasteiger partial charge in [-0.25, -0.2) is 0 Å². The predicted octanol–water partition coefficient (Wildman–Crippen LogP) is 1.34. The highest BCUT2D eigenvalue weighted by molar-refractivity contribution is 5.80. The van der Waals surface area contributed by atoms with Gasteiger partial charge in [0.2, 0.25) is 5.91 Å². The van der Waals surface area contributed by atoms with Crippen LogP contribution in [0.1, 0.15) is 31.4 Å². The maximum atomic E-state index is 12.2. The fourth-order valence-corrected chi connectivity index (χ4v) is 2.78. The Morgan fingerprint density at radius 1 is 1.32 bits per heavy atom. The van der Waals surface area contributed by atoms with Crippen molar-refractivity contribution in [3.8, 4) is 0 Å². The van der Waals surface area contributed by atoms with Gasteiger partial charge in [0.25, 0.3) is 0 Å². The molecule has 1 aliphatic rings. The van der Waals surface area contributed by atoms with Gasteiger partial charge in [-0.3, -0.25) is 4.79 Å². The normalized spacial score (nSPS) is 24.8. The van der Waals surface area contributed by atoms with E-state index in [4.69, 9.17) is 5.11 Å². The minimum absolute atomic E-state index is 0.000757. The summed E-state index contributed by atoms with van der Waals surface area (Å²) in [6.45, 7) is 2.46. The smallest absolute Gasteiger partial charge is 0.223 e. The van der Waals surface area contributed by atoms with E-state index >= 15 is 0 Å². The molecule has 0 bridgehead atoms. The van der Waals surface area contributed by atoms with Gasteiger partial charge in [-0.05, 0) is 18.9 Å².